The molecule has 1 fully saturated rings. The van der Waals surface area contributed by atoms with Crippen molar-refractivity contribution in [2.75, 3.05) is 24.5 Å². The number of hydrogen-bond donors (Lipinski definition) is 2. The van der Waals surface area contributed by atoms with Crippen LogP contribution in [0.1, 0.15) is 37.7 Å². The van der Waals surface area contributed by atoms with Gasteiger partial charge < -0.3 is 16.0 Å². The number of nitrogens with two attached hydrogens (primary N) is 1. The zero-order valence-corrected chi connectivity index (χ0v) is 13.0. The Hall–Kier alpha value is -1.55. The van der Waals surface area contributed by atoms with E-state index in [4.69, 9.17) is 5.73 Å². The van der Waals surface area contributed by atoms with E-state index >= 15 is 0 Å². The Labute approximate surface area is 127 Å². The fourth-order valence-corrected chi connectivity index (χ4v) is 3.00. The smallest absolute Gasteiger partial charge is 0.239 e. The maximum atomic E-state index is 12.3. The first-order valence-electron chi connectivity index (χ1n) is 8.00. The molecular formula is C17H27N3O. The van der Waals surface area contributed by atoms with Crippen molar-refractivity contribution in [3.05, 3.63) is 29.8 Å². The molecular weight excluding hydrogens is 262 g/mol. The van der Waals surface area contributed by atoms with Gasteiger partial charge in [0.2, 0.25) is 5.91 Å². The molecule has 0 aromatic heterocycles. The predicted octanol–water partition coefficient (Wildman–Crippen LogP) is 2.21. The molecule has 1 saturated carbocycles. The summed E-state index contributed by atoms with van der Waals surface area (Å²) in [6.07, 6.45) is 5.61. The van der Waals surface area contributed by atoms with Gasteiger partial charge in [-0.25, -0.2) is 0 Å². The first-order valence-corrected chi connectivity index (χ1v) is 8.00. The topological polar surface area (TPSA) is 58.4 Å². The van der Waals surface area contributed by atoms with Gasteiger partial charge in [-0.05, 0) is 44.4 Å². The summed E-state index contributed by atoms with van der Waals surface area (Å²) in [6, 6.07) is 8.59. The van der Waals surface area contributed by atoms with Crippen molar-refractivity contribution in [2.24, 2.45) is 5.73 Å². The van der Waals surface area contributed by atoms with Crippen LogP contribution in [0.2, 0.25) is 0 Å². The first-order chi connectivity index (χ1) is 10.2. The Morgan fingerprint density at radius 1 is 1.33 bits per heavy atom. The van der Waals surface area contributed by atoms with E-state index in [0.717, 1.165) is 31.5 Å². The number of carbonyl (C=O) groups is 1. The number of carbonyl (C=O) groups excluding carboxylic acids is 1. The van der Waals surface area contributed by atoms with E-state index in [1.165, 1.54) is 18.4 Å². The number of hydrogen-bond acceptors (Lipinski definition) is 3. The van der Waals surface area contributed by atoms with Crippen LogP contribution in [0.4, 0.5) is 5.69 Å². The third-order valence-corrected chi connectivity index (χ3v) is 4.14. The second-order valence-corrected chi connectivity index (χ2v) is 5.90. The van der Waals surface area contributed by atoms with Gasteiger partial charge in [0, 0.05) is 18.3 Å². The fourth-order valence-electron chi connectivity index (χ4n) is 3.00. The molecule has 1 aliphatic rings. The summed E-state index contributed by atoms with van der Waals surface area (Å²) in [5.41, 5.74) is 7.96. The van der Waals surface area contributed by atoms with E-state index in [1.807, 2.05) is 12.1 Å². The second-order valence-electron chi connectivity index (χ2n) is 5.90. The lowest BCUT2D eigenvalue weighted by atomic mass is 10.1. The van der Waals surface area contributed by atoms with Crippen molar-refractivity contribution >= 4 is 11.6 Å². The minimum absolute atomic E-state index is 0.127. The summed E-state index contributed by atoms with van der Waals surface area (Å²) >= 11 is 0. The summed E-state index contributed by atoms with van der Waals surface area (Å²) in [5, 5.41) is 3.16. The van der Waals surface area contributed by atoms with E-state index in [-0.39, 0.29) is 5.91 Å². The van der Waals surface area contributed by atoms with Gasteiger partial charge >= 0.3 is 0 Å². The van der Waals surface area contributed by atoms with Crippen LogP contribution in [0.25, 0.3) is 0 Å². The van der Waals surface area contributed by atoms with Crippen LogP contribution in [0.3, 0.4) is 0 Å². The van der Waals surface area contributed by atoms with Crippen LogP contribution in [0, 0.1) is 6.92 Å². The van der Waals surface area contributed by atoms with Gasteiger partial charge in [-0.3, -0.25) is 4.79 Å². The van der Waals surface area contributed by atoms with Gasteiger partial charge in [-0.15, -0.1) is 0 Å². The highest BCUT2D eigenvalue weighted by Gasteiger charge is 2.19. The summed E-state index contributed by atoms with van der Waals surface area (Å²) in [5.74, 6) is 0.127. The summed E-state index contributed by atoms with van der Waals surface area (Å²) < 4.78 is 0. The largest absolute Gasteiger partial charge is 0.362 e. The average Bonchev–Trinajstić information content (AvgIpc) is 2.97. The molecule has 2 rings (SSSR count). The van der Waals surface area contributed by atoms with E-state index in [0.29, 0.717) is 19.1 Å². The Kier molecular flexibility index (Phi) is 6.05. The SMILES string of the molecule is Cc1ccccc1N(CCCN)CC(=O)NC1CCCC1. The number of amides is 1. The Morgan fingerprint density at radius 2 is 2.05 bits per heavy atom. The molecule has 0 heterocycles. The van der Waals surface area contributed by atoms with Gasteiger partial charge in [0.25, 0.3) is 0 Å². The number of nitrogens with zero attached hydrogens (tertiary/aromatic N) is 1. The van der Waals surface area contributed by atoms with Crippen LogP contribution in [0.5, 0.6) is 0 Å². The summed E-state index contributed by atoms with van der Waals surface area (Å²) in [4.78, 5) is 14.4. The minimum atomic E-state index is 0.127. The molecule has 21 heavy (non-hydrogen) atoms. The van der Waals surface area contributed by atoms with Crippen LogP contribution in [-0.4, -0.2) is 31.6 Å². The Bertz CT molecular complexity index is 455. The van der Waals surface area contributed by atoms with Crippen LogP contribution in [0.15, 0.2) is 24.3 Å². The summed E-state index contributed by atoms with van der Waals surface area (Å²) in [7, 11) is 0. The van der Waals surface area contributed by atoms with E-state index in [9.17, 15) is 4.79 Å². The maximum absolute atomic E-state index is 12.3. The second kappa shape index (κ2) is 8.03. The highest BCUT2D eigenvalue weighted by molar-refractivity contribution is 5.82. The number of para-hydroxylation sites is 1. The van der Waals surface area contributed by atoms with Gasteiger partial charge in [0.05, 0.1) is 6.54 Å². The van der Waals surface area contributed by atoms with Crippen molar-refractivity contribution < 1.29 is 4.79 Å². The number of nitrogens with one attached hydrogen (secondary N) is 1. The van der Waals surface area contributed by atoms with Gasteiger partial charge in [0.1, 0.15) is 0 Å². The van der Waals surface area contributed by atoms with Crippen LogP contribution in [-0.2, 0) is 4.79 Å². The molecule has 0 atom stereocenters. The van der Waals surface area contributed by atoms with Gasteiger partial charge in [-0.1, -0.05) is 31.0 Å². The van der Waals surface area contributed by atoms with Crippen LogP contribution < -0.4 is 16.0 Å². The summed E-state index contributed by atoms with van der Waals surface area (Å²) in [6.45, 7) is 3.97. The third-order valence-electron chi connectivity index (χ3n) is 4.14. The van der Waals surface area contributed by atoms with E-state index in [1.54, 1.807) is 0 Å². The molecule has 0 unspecified atom stereocenters. The monoisotopic (exact) mass is 289 g/mol. The molecule has 1 aliphatic carbocycles. The minimum Gasteiger partial charge on any atom is -0.362 e. The molecule has 116 valence electrons. The Morgan fingerprint density at radius 3 is 2.71 bits per heavy atom. The molecule has 0 radical (unpaired) electrons. The highest BCUT2D eigenvalue weighted by Crippen LogP contribution is 2.20. The zero-order valence-electron chi connectivity index (χ0n) is 13.0. The van der Waals surface area contributed by atoms with E-state index < -0.39 is 0 Å². The number of anilines is 1. The quantitative estimate of drug-likeness (QED) is 0.809. The lowest BCUT2D eigenvalue weighted by Crippen LogP contribution is -2.42. The number of aryl methyl sites for hydroxylation is 1. The first kappa shape index (κ1) is 15.8. The number of rotatable bonds is 7. The molecule has 4 nitrogen and oxygen atoms in total. The van der Waals surface area contributed by atoms with Gasteiger partial charge in [0.15, 0.2) is 0 Å². The molecule has 0 saturated heterocycles. The molecule has 4 heteroatoms. The molecule has 1 amide bonds. The lowest BCUT2D eigenvalue weighted by molar-refractivity contribution is -0.120. The lowest BCUT2D eigenvalue weighted by Gasteiger charge is -2.26. The van der Waals surface area contributed by atoms with Gasteiger partial charge in [-0.2, -0.15) is 0 Å². The molecule has 0 bridgehead atoms. The van der Waals surface area contributed by atoms with Crippen molar-refractivity contribution in [1.82, 2.24) is 5.32 Å². The van der Waals surface area contributed by atoms with Crippen LogP contribution >= 0.6 is 0 Å². The van der Waals surface area contributed by atoms with Crippen molar-refractivity contribution in [1.29, 1.82) is 0 Å². The maximum Gasteiger partial charge on any atom is 0.239 e. The normalized spacial score (nSPS) is 15.1. The molecule has 3 N–H and O–H groups in total. The van der Waals surface area contributed by atoms with Crippen molar-refractivity contribution in [3.63, 3.8) is 0 Å². The fraction of sp³-hybridized carbons (Fsp3) is 0.588. The predicted molar refractivity (Wildman–Crippen MR) is 87.5 cm³/mol. The molecule has 0 spiro atoms. The van der Waals surface area contributed by atoms with E-state index in [2.05, 4.69) is 29.3 Å². The standard InChI is InChI=1S/C17H27N3O/c1-14-7-2-5-10-16(14)20(12-6-11-18)13-17(21)19-15-8-3-4-9-15/h2,5,7,10,15H,3-4,6,8-9,11-13,18H2,1H3,(H,19,21). The average molecular weight is 289 g/mol. The molecule has 0 aliphatic heterocycles. The third kappa shape index (κ3) is 4.74. The molecule has 1 aromatic carbocycles. The Balaban J connectivity index is 1.98. The zero-order chi connectivity index (χ0) is 15.1. The van der Waals surface area contributed by atoms with Crippen molar-refractivity contribution in [2.45, 2.75) is 45.1 Å². The van der Waals surface area contributed by atoms with Crippen molar-refractivity contribution in [3.8, 4) is 0 Å². The number of benzene rings is 1. The highest BCUT2D eigenvalue weighted by atomic mass is 16.2. The molecule has 1 aromatic rings.